The van der Waals surface area contributed by atoms with E-state index in [1.165, 1.54) is 0 Å². The molecule has 0 aliphatic heterocycles. The molecule has 0 fully saturated rings. The number of sulfonamides is 1. The Morgan fingerprint density at radius 2 is 1.71 bits per heavy atom. The molecule has 0 heterocycles. The molecule has 0 unspecified atom stereocenters. The lowest BCUT2D eigenvalue weighted by atomic mass is 10.2. The van der Waals surface area contributed by atoms with Crippen LogP contribution < -0.4 is 10.5 Å². The molecule has 4 nitrogen and oxygen atoms in total. The number of hydrogen-bond acceptors (Lipinski definition) is 3. The van der Waals surface area contributed by atoms with E-state index in [-0.39, 0.29) is 5.75 Å². The zero-order valence-electron chi connectivity index (χ0n) is 11.0. The normalized spacial score (nSPS) is 11.4. The van der Waals surface area contributed by atoms with E-state index in [0.717, 1.165) is 11.3 Å². The third kappa shape index (κ3) is 5.21. The van der Waals surface area contributed by atoms with Crippen LogP contribution in [0.2, 0.25) is 10.0 Å². The van der Waals surface area contributed by atoms with Crippen LogP contribution in [0.15, 0.2) is 42.5 Å². The van der Waals surface area contributed by atoms with Gasteiger partial charge in [0.2, 0.25) is 10.0 Å². The number of hydrogen-bond donors (Lipinski definition) is 2. The van der Waals surface area contributed by atoms with Gasteiger partial charge in [-0.3, -0.25) is 0 Å². The summed E-state index contributed by atoms with van der Waals surface area (Å²) in [5.41, 5.74) is 2.38. The van der Waals surface area contributed by atoms with E-state index < -0.39 is 10.0 Å². The minimum absolute atomic E-state index is 0.173. The maximum Gasteiger partial charge on any atom is 0.213 e. The van der Waals surface area contributed by atoms with Crippen molar-refractivity contribution in [2.24, 2.45) is 5.14 Å². The molecule has 3 N–H and O–H groups in total. The van der Waals surface area contributed by atoms with E-state index in [2.05, 4.69) is 5.32 Å². The second kappa shape index (κ2) is 6.66. The molecule has 2 aromatic rings. The molecule has 0 aromatic heterocycles. The zero-order valence-corrected chi connectivity index (χ0v) is 13.3. The fourth-order valence-electron chi connectivity index (χ4n) is 1.83. The molecule has 0 aliphatic rings. The highest BCUT2D eigenvalue weighted by molar-refractivity contribution is 7.88. The lowest BCUT2D eigenvalue weighted by Gasteiger charge is -2.09. The number of rotatable bonds is 5. The van der Waals surface area contributed by atoms with Crippen molar-refractivity contribution < 1.29 is 8.42 Å². The Morgan fingerprint density at radius 1 is 1.05 bits per heavy atom. The molecule has 0 bridgehead atoms. The second-order valence-electron chi connectivity index (χ2n) is 4.59. The lowest BCUT2D eigenvalue weighted by molar-refractivity contribution is 0.597. The van der Waals surface area contributed by atoms with Crippen LogP contribution in [0.5, 0.6) is 0 Å². The Bertz CT molecular complexity index is 731. The second-order valence-corrected chi connectivity index (χ2v) is 7.05. The average Bonchev–Trinajstić information content (AvgIpc) is 2.40. The smallest absolute Gasteiger partial charge is 0.213 e. The van der Waals surface area contributed by atoms with Crippen molar-refractivity contribution in [3.05, 3.63) is 63.6 Å². The van der Waals surface area contributed by atoms with Crippen LogP contribution in [0, 0.1) is 0 Å². The summed E-state index contributed by atoms with van der Waals surface area (Å²) in [4.78, 5) is 0. The van der Waals surface area contributed by atoms with Gasteiger partial charge in [-0.05, 0) is 41.5 Å². The highest BCUT2D eigenvalue weighted by atomic mass is 35.5. The van der Waals surface area contributed by atoms with E-state index in [4.69, 9.17) is 28.3 Å². The van der Waals surface area contributed by atoms with E-state index in [0.29, 0.717) is 22.2 Å². The van der Waals surface area contributed by atoms with Crippen LogP contribution in [-0.4, -0.2) is 8.42 Å². The van der Waals surface area contributed by atoms with Gasteiger partial charge in [-0.15, -0.1) is 0 Å². The quantitative estimate of drug-likeness (QED) is 0.872. The Labute approximate surface area is 133 Å². The minimum atomic E-state index is -3.51. The molecule has 0 saturated heterocycles. The van der Waals surface area contributed by atoms with Gasteiger partial charge >= 0.3 is 0 Å². The summed E-state index contributed by atoms with van der Waals surface area (Å²) >= 11 is 12.0. The van der Waals surface area contributed by atoms with Crippen LogP contribution in [0.4, 0.5) is 5.69 Å². The van der Waals surface area contributed by atoms with Crippen LogP contribution >= 0.6 is 23.2 Å². The first-order valence-corrected chi connectivity index (χ1v) is 8.58. The predicted octanol–water partition coefficient (Wildman–Crippen LogP) is 3.39. The number of benzene rings is 2. The first-order valence-electron chi connectivity index (χ1n) is 6.11. The van der Waals surface area contributed by atoms with E-state index in [9.17, 15) is 8.42 Å². The van der Waals surface area contributed by atoms with E-state index >= 15 is 0 Å². The number of primary sulfonamides is 1. The summed E-state index contributed by atoms with van der Waals surface area (Å²) in [7, 11) is -3.51. The molecular weight excluding hydrogens is 331 g/mol. The summed E-state index contributed by atoms with van der Waals surface area (Å²) in [6.45, 7) is 0.522. The summed E-state index contributed by atoms with van der Waals surface area (Å²) in [5.74, 6) is -0.173. The summed E-state index contributed by atoms with van der Waals surface area (Å²) in [6.07, 6.45) is 0. The molecule has 0 aliphatic carbocycles. The molecule has 0 radical (unpaired) electrons. The van der Waals surface area contributed by atoms with Crippen molar-refractivity contribution in [3.8, 4) is 0 Å². The van der Waals surface area contributed by atoms with Crippen LogP contribution in [-0.2, 0) is 22.3 Å². The summed E-state index contributed by atoms with van der Waals surface area (Å²) in [6, 6.07) is 12.3. The molecule has 7 heteroatoms. The third-order valence-corrected chi connectivity index (χ3v) is 4.15. The van der Waals surface area contributed by atoms with Gasteiger partial charge in [0.05, 0.1) is 5.75 Å². The van der Waals surface area contributed by atoms with Gasteiger partial charge < -0.3 is 5.32 Å². The SMILES string of the molecule is NS(=O)(=O)Cc1ccc(NCc2cc(Cl)ccc2Cl)cc1. The van der Waals surface area contributed by atoms with Gasteiger partial charge in [0.25, 0.3) is 0 Å². The van der Waals surface area contributed by atoms with Crippen LogP contribution in [0.3, 0.4) is 0 Å². The number of anilines is 1. The van der Waals surface area contributed by atoms with Crippen molar-refractivity contribution in [2.45, 2.75) is 12.3 Å². The van der Waals surface area contributed by atoms with Gasteiger partial charge in [0.15, 0.2) is 0 Å². The highest BCUT2D eigenvalue weighted by Crippen LogP contribution is 2.22. The molecule has 112 valence electrons. The fraction of sp³-hybridized carbons (Fsp3) is 0.143. The van der Waals surface area contributed by atoms with Gasteiger partial charge in [-0.2, -0.15) is 0 Å². The standard InChI is InChI=1S/C14H14Cl2N2O2S/c15-12-3-6-14(16)11(7-12)8-18-13-4-1-10(2-5-13)9-21(17,19)20/h1-7,18H,8-9H2,(H2,17,19,20). The van der Waals surface area contributed by atoms with Crippen molar-refractivity contribution in [1.82, 2.24) is 0 Å². The minimum Gasteiger partial charge on any atom is -0.381 e. The van der Waals surface area contributed by atoms with Crippen molar-refractivity contribution in [3.63, 3.8) is 0 Å². The molecule has 0 amide bonds. The van der Waals surface area contributed by atoms with E-state index in [1.807, 2.05) is 0 Å². The maximum atomic E-state index is 11.0. The van der Waals surface area contributed by atoms with Crippen LogP contribution in [0.1, 0.15) is 11.1 Å². The Balaban J connectivity index is 2.02. The first kappa shape index (κ1) is 16.1. The molecule has 0 atom stereocenters. The van der Waals surface area contributed by atoms with Gasteiger partial charge in [-0.25, -0.2) is 13.6 Å². The topological polar surface area (TPSA) is 72.2 Å². The molecular formula is C14H14Cl2N2O2S. The molecule has 2 aromatic carbocycles. The zero-order chi connectivity index (χ0) is 15.5. The van der Waals surface area contributed by atoms with Crippen molar-refractivity contribution in [2.75, 3.05) is 5.32 Å². The largest absolute Gasteiger partial charge is 0.381 e. The van der Waals surface area contributed by atoms with E-state index in [1.54, 1.807) is 42.5 Å². The van der Waals surface area contributed by atoms with Crippen molar-refractivity contribution >= 4 is 38.9 Å². The van der Waals surface area contributed by atoms with Crippen LogP contribution in [0.25, 0.3) is 0 Å². The fourth-order valence-corrected chi connectivity index (χ4v) is 2.86. The lowest BCUT2D eigenvalue weighted by Crippen LogP contribution is -2.14. The Morgan fingerprint density at radius 3 is 2.33 bits per heavy atom. The maximum absolute atomic E-state index is 11.0. The Hall–Kier alpha value is -1.27. The third-order valence-electron chi connectivity index (χ3n) is 2.81. The molecule has 0 saturated carbocycles. The van der Waals surface area contributed by atoms with Gasteiger partial charge in [0, 0.05) is 22.3 Å². The highest BCUT2D eigenvalue weighted by Gasteiger charge is 2.05. The first-order chi connectivity index (χ1) is 9.83. The number of halogens is 2. The monoisotopic (exact) mass is 344 g/mol. The van der Waals surface area contributed by atoms with Gasteiger partial charge in [0.1, 0.15) is 0 Å². The summed E-state index contributed by atoms with van der Waals surface area (Å²) < 4.78 is 22.0. The average molecular weight is 345 g/mol. The number of nitrogens with one attached hydrogen (secondary N) is 1. The molecule has 0 spiro atoms. The predicted molar refractivity (Wildman–Crippen MR) is 87.0 cm³/mol. The van der Waals surface area contributed by atoms with Crippen molar-refractivity contribution in [1.29, 1.82) is 0 Å². The Kier molecular flexibility index (Phi) is 5.11. The van der Waals surface area contributed by atoms with Gasteiger partial charge in [-0.1, -0.05) is 35.3 Å². The summed E-state index contributed by atoms with van der Waals surface area (Å²) in [5, 5.41) is 9.46. The molecule has 2 rings (SSSR count). The number of nitrogens with two attached hydrogens (primary N) is 1. The molecule has 21 heavy (non-hydrogen) atoms.